The second-order valence-corrected chi connectivity index (χ2v) is 16.5. The Labute approximate surface area is 239 Å². The van der Waals surface area contributed by atoms with Crippen LogP contribution < -0.4 is 4.90 Å². The van der Waals surface area contributed by atoms with Gasteiger partial charge in [-0.2, -0.15) is 0 Å². The van der Waals surface area contributed by atoms with Crippen LogP contribution in [0.2, 0.25) is 18.6 Å². The molecule has 2 fully saturated rings. The van der Waals surface area contributed by atoms with Crippen LogP contribution in [0.5, 0.6) is 0 Å². The fraction of sp³-hybridized carbons (Fsp3) is 0.562. The molecule has 3 aliphatic rings. The summed E-state index contributed by atoms with van der Waals surface area (Å²) >= 11 is 0. The van der Waals surface area contributed by atoms with Gasteiger partial charge in [0, 0.05) is 30.7 Å². The van der Waals surface area contributed by atoms with E-state index in [0.717, 1.165) is 43.5 Å². The largest absolute Gasteiger partial charge is 0.432 e. The highest BCUT2D eigenvalue weighted by atomic mass is 28.4. The number of nitrogens with zero attached hydrogens (tertiary/aromatic N) is 2. The van der Waals surface area contributed by atoms with E-state index in [-0.39, 0.29) is 54.6 Å². The monoisotopic (exact) mass is 564 g/mol. The highest BCUT2D eigenvalue weighted by Crippen LogP contribution is 2.46. The van der Waals surface area contributed by atoms with E-state index in [1.807, 2.05) is 42.3 Å². The Morgan fingerprint density at radius 3 is 2.45 bits per heavy atom. The van der Waals surface area contributed by atoms with Crippen molar-refractivity contribution in [1.82, 2.24) is 4.90 Å². The summed E-state index contributed by atoms with van der Waals surface area (Å²) in [5.74, 6) is 0.330. The zero-order valence-corrected chi connectivity index (χ0v) is 25.1. The molecule has 8 heteroatoms. The molecular weight excluding hydrogens is 520 g/mol. The number of anilines is 1. The summed E-state index contributed by atoms with van der Waals surface area (Å²) < 4.78 is 6.58. The van der Waals surface area contributed by atoms with E-state index in [1.54, 1.807) is 4.90 Å². The molecule has 2 amide bonds. The van der Waals surface area contributed by atoms with Crippen molar-refractivity contribution >= 4 is 25.8 Å². The minimum absolute atomic E-state index is 0.0162. The van der Waals surface area contributed by atoms with Gasteiger partial charge in [0.15, 0.2) is 8.32 Å². The number of hydrogen-bond acceptors (Lipinski definition) is 5. The van der Waals surface area contributed by atoms with Gasteiger partial charge >= 0.3 is 0 Å². The van der Waals surface area contributed by atoms with Crippen LogP contribution in [0.1, 0.15) is 55.7 Å². The van der Waals surface area contributed by atoms with Crippen LogP contribution in [0, 0.1) is 5.92 Å². The first-order valence-corrected chi connectivity index (χ1v) is 17.9. The summed E-state index contributed by atoms with van der Waals surface area (Å²) in [4.78, 5) is 40.8. The molecule has 3 aliphatic heterocycles. The molecule has 0 spiro atoms. The van der Waals surface area contributed by atoms with Crippen molar-refractivity contribution in [2.24, 2.45) is 5.92 Å². The van der Waals surface area contributed by atoms with Crippen molar-refractivity contribution in [2.75, 3.05) is 18.1 Å². The van der Waals surface area contributed by atoms with Crippen molar-refractivity contribution in [1.29, 1.82) is 0 Å². The number of ether oxygens (including phenoxy) is 1. The van der Waals surface area contributed by atoms with E-state index in [0.29, 0.717) is 19.4 Å². The van der Waals surface area contributed by atoms with Crippen LogP contribution in [-0.4, -0.2) is 66.3 Å². The number of carbonyl (C=O) groups is 2. The first kappa shape index (κ1) is 29.0. The molecule has 40 heavy (non-hydrogen) atoms. The van der Waals surface area contributed by atoms with Crippen molar-refractivity contribution in [3.63, 3.8) is 0 Å². The Hall–Kier alpha value is -2.52. The van der Waals surface area contributed by atoms with Crippen molar-refractivity contribution in [3.8, 4) is 0 Å². The number of rotatable bonds is 8. The second-order valence-electron chi connectivity index (χ2n) is 12.5. The summed E-state index contributed by atoms with van der Waals surface area (Å²) in [7, 11) is -2.62. The lowest BCUT2D eigenvalue weighted by molar-refractivity contribution is -0.138. The Morgan fingerprint density at radius 2 is 1.77 bits per heavy atom. The topological polar surface area (TPSA) is 90.3 Å². The lowest BCUT2D eigenvalue weighted by Gasteiger charge is -2.37. The van der Waals surface area contributed by atoms with E-state index in [9.17, 15) is 19.5 Å². The second kappa shape index (κ2) is 12.1. The molecule has 0 aromatic heterocycles. The van der Waals surface area contributed by atoms with Crippen molar-refractivity contribution < 1.29 is 24.2 Å². The molecule has 0 unspecified atom stereocenters. The fourth-order valence-corrected chi connectivity index (χ4v) is 9.78. The maximum atomic E-state index is 13.6. The Morgan fingerprint density at radius 1 is 1.05 bits per heavy atom. The normalized spacial score (nSPS) is 27.1. The molecule has 2 N–H and O–H groups in total. The molecule has 0 radical (unpaired) electrons. The van der Waals surface area contributed by atoms with Crippen LogP contribution in [0.15, 0.2) is 48.5 Å². The Balaban J connectivity index is 1.23. The summed E-state index contributed by atoms with van der Waals surface area (Å²) in [5.41, 5.74) is 4.43. The average Bonchev–Trinajstić information content (AvgIpc) is 3.26. The Kier molecular flexibility index (Phi) is 8.80. The molecule has 216 valence electrons. The molecule has 5 atom stereocenters. The number of aryl methyl sites for hydroxylation is 1. The fourth-order valence-electron chi connectivity index (χ4n) is 7.17. The van der Waals surface area contributed by atoms with Gasteiger partial charge in [-0.15, -0.1) is 0 Å². The van der Waals surface area contributed by atoms with Crippen LogP contribution in [0.4, 0.5) is 5.69 Å². The zero-order chi connectivity index (χ0) is 28.4. The van der Waals surface area contributed by atoms with Gasteiger partial charge in [-0.25, -0.2) is 0 Å². The van der Waals surface area contributed by atoms with Gasteiger partial charge in [-0.3, -0.25) is 9.59 Å². The van der Waals surface area contributed by atoms with E-state index in [1.165, 1.54) is 11.1 Å². The van der Waals surface area contributed by atoms with E-state index >= 15 is 0 Å². The van der Waals surface area contributed by atoms with Crippen molar-refractivity contribution in [3.05, 3.63) is 65.2 Å². The smallest absolute Gasteiger partial charge is 0.226 e. The first-order chi connectivity index (χ1) is 19.2. The molecule has 7 nitrogen and oxygen atoms in total. The van der Waals surface area contributed by atoms with Crippen LogP contribution in [-0.2, 0) is 33.7 Å². The highest BCUT2D eigenvalue weighted by Gasteiger charge is 2.50. The zero-order valence-electron chi connectivity index (χ0n) is 24.1. The molecular formula is C32H44N2O5Si. The van der Waals surface area contributed by atoms with Crippen LogP contribution in [0.3, 0.4) is 0 Å². The standard InChI is InChI=1S/C32H44N2O5Si/c1-22-28(16-13-23-11-14-26(15-12-23)33-17-7-6-10-30(33)36)39-29(32(22)40(2,3)38)19-31(37)34-20-25-9-5-4-8-24(25)18-27(34)21-35/h4-5,8-9,11-12,14-15,22,27-29,32,35,38H,6-7,10,13,16-21H2,1-3H3/t22-,27-,28+,29-,32+/m0/s1. The summed E-state index contributed by atoms with van der Waals surface area (Å²) in [6, 6.07) is 16.2. The number of carbonyl (C=O) groups excluding carboxylic acids is 2. The number of benzene rings is 2. The lowest BCUT2D eigenvalue weighted by Crippen LogP contribution is -2.48. The third-order valence-electron chi connectivity index (χ3n) is 9.27. The van der Waals surface area contributed by atoms with Gasteiger partial charge < -0.3 is 24.4 Å². The molecule has 0 bridgehead atoms. The quantitative estimate of drug-likeness (QED) is 0.463. The highest BCUT2D eigenvalue weighted by molar-refractivity contribution is 6.71. The van der Waals surface area contributed by atoms with Gasteiger partial charge in [0.25, 0.3) is 0 Å². The van der Waals surface area contributed by atoms with E-state index in [2.05, 4.69) is 31.2 Å². The van der Waals surface area contributed by atoms with Gasteiger partial charge in [-0.05, 0) is 79.9 Å². The molecule has 0 aliphatic carbocycles. The third-order valence-corrected chi connectivity index (χ3v) is 11.8. The molecule has 0 saturated carbocycles. The summed E-state index contributed by atoms with van der Waals surface area (Å²) in [6.45, 7) is 7.27. The number of amides is 2. The molecule has 2 aromatic rings. The first-order valence-electron chi connectivity index (χ1n) is 14.9. The van der Waals surface area contributed by atoms with Gasteiger partial charge in [0.1, 0.15) is 0 Å². The van der Waals surface area contributed by atoms with E-state index < -0.39 is 8.32 Å². The van der Waals surface area contributed by atoms with Crippen molar-refractivity contribution in [2.45, 2.75) is 95.3 Å². The lowest BCUT2D eigenvalue weighted by atomic mass is 9.93. The number of hydrogen-bond donors (Lipinski definition) is 2. The minimum Gasteiger partial charge on any atom is -0.432 e. The molecule has 2 aromatic carbocycles. The minimum atomic E-state index is -2.62. The van der Waals surface area contributed by atoms with Crippen LogP contribution >= 0.6 is 0 Å². The maximum absolute atomic E-state index is 13.6. The average molecular weight is 565 g/mol. The SMILES string of the molecule is C[C@@H]1[C@@H]([Si](C)(C)O)[C@H](CC(=O)N2Cc3ccccc3C[C@H]2CO)O[C@@H]1CCc1ccc(N2CCCCC2=O)cc1. The summed E-state index contributed by atoms with van der Waals surface area (Å²) in [6.07, 6.45) is 4.79. The number of aliphatic hydroxyl groups is 1. The van der Waals surface area contributed by atoms with Gasteiger partial charge in [-0.1, -0.05) is 43.3 Å². The number of aliphatic hydroxyl groups excluding tert-OH is 1. The maximum Gasteiger partial charge on any atom is 0.226 e. The number of piperidine rings is 1. The van der Waals surface area contributed by atoms with Crippen LogP contribution in [0.25, 0.3) is 0 Å². The molecule has 2 saturated heterocycles. The summed E-state index contributed by atoms with van der Waals surface area (Å²) in [5, 5.41) is 10.1. The Bertz CT molecular complexity index is 1200. The van der Waals surface area contributed by atoms with Gasteiger partial charge in [0.05, 0.1) is 31.3 Å². The third kappa shape index (κ3) is 6.20. The van der Waals surface area contributed by atoms with Gasteiger partial charge in [0.2, 0.25) is 11.8 Å². The number of fused-ring (bicyclic) bond motifs is 1. The predicted octanol–water partition coefficient (Wildman–Crippen LogP) is 4.44. The molecule has 5 rings (SSSR count). The van der Waals surface area contributed by atoms with E-state index in [4.69, 9.17) is 4.74 Å². The molecule has 3 heterocycles. The predicted molar refractivity (Wildman–Crippen MR) is 158 cm³/mol.